The van der Waals surface area contributed by atoms with Crippen molar-refractivity contribution in [1.29, 1.82) is 0 Å². The van der Waals surface area contributed by atoms with E-state index in [1.165, 1.54) is 0 Å². The van der Waals surface area contributed by atoms with E-state index in [0.29, 0.717) is 36.2 Å². The number of halogens is 2. The minimum absolute atomic E-state index is 0.0897. The summed E-state index contributed by atoms with van der Waals surface area (Å²) in [6.07, 6.45) is 1.88. The lowest BCUT2D eigenvalue weighted by atomic mass is 10.1. The highest BCUT2D eigenvalue weighted by atomic mass is 35.5. The number of ether oxygens (including phenoxy) is 1. The third kappa shape index (κ3) is 4.85. The Bertz CT molecular complexity index is 496. The summed E-state index contributed by atoms with van der Waals surface area (Å²) in [6, 6.07) is 5.25. The molecule has 0 spiro atoms. The van der Waals surface area contributed by atoms with E-state index < -0.39 is 6.10 Å². The summed E-state index contributed by atoms with van der Waals surface area (Å²) >= 11 is 11.8. The molecule has 0 aliphatic heterocycles. The van der Waals surface area contributed by atoms with Gasteiger partial charge < -0.3 is 15.2 Å². The Labute approximate surface area is 134 Å². The molecule has 1 aliphatic carbocycles. The number of carbonyl (C=O) groups excluding carboxylic acids is 1. The Morgan fingerprint density at radius 1 is 1.38 bits per heavy atom. The summed E-state index contributed by atoms with van der Waals surface area (Å²) < 4.78 is 5.48. The highest BCUT2D eigenvalue weighted by molar-refractivity contribution is 6.35. The molecule has 1 aliphatic rings. The SMILES string of the molecule is O=C(NCCOCc1ccc(Cl)cc1Cl)C1CCCC1O. The maximum atomic E-state index is 11.8. The van der Waals surface area contributed by atoms with Gasteiger partial charge in [-0.1, -0.05) is 29.3 Å². The monoisotopic (exact) mass is 331 g/mol. The molecule has 0 heterocycles. The van der Waals surface area contributed by atoms with Gasteiger partial charge in [-0.15, -0.1) is 0 Å². The Morgan fingerprint density at radius 2 is 2.19 bits per heavy atom. The fourth-order valence-electron chi connectivity index (χ4n) is 2.44. The number of carbonyl (C=O) groups is 1. The van der Waals surface area contributed by atoms with Gasteiger partial charge in [-0.05, 0) is 37.0 Å². The summed E-state index contributed by atoms with van der Waals surface area (Å²) in [5, 5.41) is 13.6. The molecular formula is C15H19Cl2NO3. The predicted octanol–water partition coefficient (Wildman–Crippen LogP) is 2.79. The molecule has 4 nitrogen and oxygen atoms in total. The van der Waals surface area contributed by atoms with Crippen molar-refractivity contribution in [1.82, 2.24) is 5.32 Å². The Kier molecular flexibility index (Phi) is 6.30. The van der Waals surface area contributed by atoms with Gasteiger partial charge in [0.05, 0.1) is 25.2 Å². The number of aliphatic hydroxyl groups excluding tert-OH is 1. The van der Waals surface area contributed by atoms with Crippen molar-refractivity contribution >= 4 is 29.1 Å². The molecule has 0 saturated heterocycles. The van der Waals surface area contributed by atoms with Gasteiger partial charge in [-0.2, -0.15) is 0 Å². The van der Waals surface area contributed by atoms with Crippen LogP contribution in [0.15, 0.2) is 18.2 Å². The minimum Gasteiger partial charge on any atom is -0.392 e. The third-order valence-electron chi connectivity index (χ3n) is 3.63. The zero-order valence-corrected chi connectivity index (χ0v) is 13.2. The number of hydrogen-bond acceptors (Lipinski definition) is 3. The molecule has 1 aromatic rings. The van der Waals surface area contributed by atoms with Crippen LogP contribution in [0.1, 0.15) is 24.8 Å². The normalized spacial score (nSPS) is 21.5. The van der Waals surface area contributed by atoms with Gasteiger partial charge in [0.15, 0.2) is 0 Å². The van der Waals surface area contributed by atoms with Crippen LogP contribution in [0.3, 0.4) is 0 Å². The first-order valence-corrected chi connectivity index (χ1v) is 7.81. The average molecular weight is 332 g/mol. The lowest BCUT2D eigenvalue weighted by Gasteiger charge is -2.14. The topological polar surface area (TPSA) is 58.6 Å². The predicted molar refractivity (Wildman–Crippen MR) is 82.5 cm³/mol. The van der Waals surface area contributed by atoms with Gasteiger partial charge in [0.1, 0.15) is 0 Å². The summed E-state index contributed by atoms with van der Waals surface area (Å²) in [5.41, 5.74) is 0.860. The second-order valence-corrected chi connectivity index (χ2v) is 6.03. The first kappa shape index (κ1) is 16.6. The number of hydrogen-bond donors (Lipinski definition) is 2. The number of amides is 1. The Hall–Kier alpha value is -0.810. The molecule has 1 saturated carbocycles. The van der Waals surface area contributed by atoms with Crippen LogP contribution < -0.4 is 5.32 Å². The fraction of sp³-hybridized carbons (Fsp3) is 0.533. The number of rotatable bonds is 6. The first-order chi connectivity index (χ1) is 10.1. The third-order valence-corrected chi connectivity index (χ3v) is 4.22. The van der Waals surface area contributed by atoms with Crippen LogP contribution in [0, 0.1) is 5.92 Å². The van der Waals surface area contributed by atoms with Gasteiger partial charge in [-0.25, -0.2) is 0 Å². The molecule has 6 heteroatoms. The summed E-state index contributed by atoms with van der Waals surface area (Å²) in [5.74, 6) is -0.358. The number of nitrogens with one attached hydrogen (secondary N) is 1. The van der Waals surface area contributed by atoms with E-state index in [1.54, 1.807) is 12.1 Å². The summed E-state index contributed by atoms with van der Waals surface area (Å²) in [6.45, 7) is 1.19. The first-order valence-electron chi connectivity index (χ1n) is 7.05. The van der Waals surface area contributed by atoms with Crippen molar-refractivity contribution < 1.29 is 14.6 Å². The largest absolute Gasteiger partial charge is 0.392 e. The molecule has 2 N–H and O–H groups in total. The quantitative estimate of drug-likeness (QED) is 0.788. The van der Waals surface area contributed by atoms with E-state index in [-0.39, 0.29) is 11.8 Å². The molecule has 116 valence electrons. The van der Waals surface area contributed by atoms with Crippen LogP contribution in [-0.4, -0.2) is 30.3 Å². The van der Waals surface area contributed by atoms with Crippen LogP contribution in [0.5, 0.6) is 0 Å². The van der Waals surface area contributed by atoms with Crippen molar-refractivity contribution in [2.24, 2.45) is 5.92 Å². The summed E-state index contributed by atoms with van der Waals surface area (Å²) in [4.78, 5) is 11.8. The van der Waals surface area contributed by atoms with Gasteiger partial charge in [-0.3, -0.25) is 4.79 Å². The van der Waals surface area contributed by atoms with Gasteiger partial charge in [0.2, 0.25) is 5.91 Å². The maximum absolute atomic E-state index is 11.8. The van der Waals surface area contributed by atoms with E-state index >= 15 is 0 Å². The molecule has 1 amide bonds. The second kappa shape index (κ2) is 7.99. The van der Waals surface area contributed by atoms with Crippen LogP contribution in [0.2, 0.25) is 10.0 Å². The molecule has 1 fully saturated rings. The van der Waals surface area contributed by atoms with Gasteiger partial charge in [0.25, 0.3) is 0 Å². The molecule has 1 aromatic carbocycles. The van der Waals surface area contributed by atoms with E-state index in [2.05, 4.69) is 5.32 Å². The van der Waals surface area contributed by atoms with Crippen molar-refractivity contribution in [3.63, 3.8) is 0 Å². The van der Waals surface area contributed by atoms with Crippen molar-refractivity contribution in [3.05, 3.63) is 33.8 Å². The second-order valence-electron chi connectivity index (χ2n) is 5.18. The minimum atomic E-state index is -0.501. The van der Waals surface area contributed by atoms with Crippen molar-refractivity contribution in [2.45, 2.75) is 32.0 Å². The van der Waals surface area contributed by atoms with Crippen LogP contribution in [0.4, 0.5) is 0 Å². The Morgan fingerprint density at radius 3 is 2.86 bits per heavy atom. The van der Waals surface area contributed by atoms with Crippen molar-refractivity contribution in [2.75, 3.05) is 13.2 Å². The molecule has 0 radical (unpaired) electrons. The van der Waals surface area contributed by atoms with Crippen molar-refractivity contribution in [3.8, 4) is 0 Å². The number of aliphatic hydroxyl groups is 1. The van der Waals surface area contributed by atoms with Crippen LogP contribution in [-0.2, 0) is 16.1 Å². The van der Waals surface area contributed by atoms with E-state index in [4.69, 9.17) is 27.9 Å². The Balaban J connectivity index is 1.65. The van der Waals surface area contributed by atoms with Crippen LogP contribution >= 0.6 is 23.2 Å². The number of benzene rings is 1. The van der Waals surface area contributed by atoms with Gasteiger partial charge >= 0.3 is 0 Å². The standard InChI is InChI=1S/C15H19Cl2NO3/c16-11-5-4-10(13(17)8-11)9-21-7-6-18-15(20)12-2-1-3-14(12)19/h4-5,8,12,14,19H,1-3,6-7,9H2,(H,18,20). The van der Waals surface area contributed by atoms with E-state index in [0.717, 1.165) is 18.4 Å². The highest BCUT2D eigenvalue weighted by Crippen LogP contribution is 2.25. The van der Waals surface area contributed by atoms with Crippen LogP contribution in [0.25, 0.3) is 0 Å². The molecule has 21 heavy (non-hydrogen) atoms. The molecule has 2 atom stereocenters. The van der Waals surface area contributed by atoms with E-state index in [9.17, 15) is 9.90 Å². The summed E-state index contributed by atoms with van der Waals surface area (Å²) in [7, 11) is 0. The molecule has 0 aromatic heterocycles. The highest BCUT2D eigenvalue weighted by Gasteiger charge is 2.30. The molecule has 0 bridgehead atoms. The average Bonchev–Trinajstić information content (AvgIpc) is 2.86. The maximum Gasteiger partial charge on any atom is 0.225 e. The fourth-order valence-corrected chi connectivity index (χ4v) is 2.91. The van der Waals surface area contributed by atoms with Gasteiger partial charge in [0, 0.05) is 16.6 Å². The zero-order valence-electron chi connectivity index (χ0n) is 11.6. The lowest BCUT2D eigenvalue weighted by molar-refractivity contribution is -0.127. The van der Waals surface area contributed by atoms with E-state index in [1.807, 2.05) is 6.07 Å². The lowest BCUT2D eigenvalue weighted by Crippen LogP contribution is -2.36. The molecule has 2 unspecified atom stereocenters. The molecule has 2 rings (SSSR count). The molecular weight excluding hydrogens is 313 g/mol. The zero-order chi connectivity index (χ0) is 15.2. The smallest absolute Gasteiger partial charge is 0.225 e.